The Morgan fingerprint density at radius 3 is 2.40 bits per heavy atom. The van der Waals surface area contributed by atoms with Crippen LogP contribution in [0.2, 0.25) is 0 Å². The molecule has 1 fully saturated rings. The molecule has 6 heteroatoms. The van der Waals surface area contributed by atoms with Gasteiger partial charge in [0.15, 0.2) is 0 Å². The average Bonchev–Trinajstić information content (AvgIpc) is 2.25. The van der Waals surface area contributed by atoms with E-state index in [0.29, 0.717) is 0 Å². The first-order chi connectivity index (χ1) is 8.25. The molecule has 4 nitrogen and oxygen atoms in total. The van der Waals surface area contributed by atoms with Gasteiger partial charge in [-0.1, -0.05) is 13.8 Å². The van der Waals surface area contributed by atoms with Crippen LogP contribution in [-0.2, 0) is 4.79 Å². The van der Waals surface area contributed by atoms with Gasteiger partial charge < -0.3 is 15.5 Å². The molecule has 0 spiro atoms. The Morgan fingerprint density at radius 2 is 1.95 bits per heavy atom. The van der Waals surface area contributed by atoms with Gasteiger partial charge in [-0.25, -0.2) is 0 Å². The van der Waals surface area contributed by atoms with Gasteiger partial charge in [-0.2, -0.15) is 0 Å². The Bertz CT molecular complexity index is 290. The summed E-state index contributed by atoms with van der Waals surface area (Å²) in [4.78, 5) is 14.5. The molecule has 1 atom stereocenters. The van der Waals surface area contributed by atoms with E-state index in [9.17, 15) is 4.79 Å². The topological polar surface area (TPSA) is 44.4 Å². The summed E-state index contributed by atoms with van der Waals surface area (Å²) in [6.45, 7) is 9.99. The molecule has 1 heterocycles. The van der Waals surface area contributed by atoms with Crippen molar-refractivity contribution in [3.8, 4) is 0 Å². The molecule has 0 aromatic carbocycles. The molecule has 0 aliphatic carbocycles. The van der Waals surface area contributed by atoms with Crippen LogP contribution in [0.4, 0.5) is 0 Å². The number of hydrogen-bond acceptors (Lipinski definition) is 3. The second kappa shape index (κ2) is 9.08. The van der Waals surface area contributed by atoms with Crippen molar-refractivity contribution in [2.75, 3.05) is 40.3 Å². The quantitative estimate of drug-likeness (QED) is 0.810. The predicted molar refractivity (Wildman–Crippen MR) is 90.1 cm³/mol. The Kier molecular flexibility index (Phi) is 10.1. The number of carbonyl (C=O) groups excluding carboxylic acids is 1. The second-order valence-electron chi connectivity index (χ2n) is 6.93. The monoisotopic (exact) mass is 327 g/mol. The number of carbonyl (C=O) groups is 1. The summed E-state index contributed by atoms with van der Waals surface area (Å²) >= 11 is 0. The van der Waals surface area contributed by atoms with Crippen LogP contribution >= 0.6 is 24.8 Å². The molecule has 0 saturated carbocycles. The Morgan fingerprint density at radius 1 is 1.35 bits per heavy atom. The van der Waals surface area contributed by atoms with E-state index in [0.717, 1.165) is 39.0 Å². The van der Waals surface area contributed by atoms with E-state index in [2.05, 4.69) is 50.4 Å². The molecule has 2 N–H and O–H groups in total. The van der Waals surface area contributed by atoms with Crippen molar-refractivity contribution in [3.05, 3.63) is 0 Å². The highest BCUT2D eigenvalue weighted by molar-refractivity contribution is 5.85. The van der Waals surface area contributed by atoms with Crippen molar-refractivity contribution in [1.82, 2.24) is 15.5 Å². The smallest absolute Gasteiger partial charge is 0.227 e. The fourth-order valence-electron chi connectivity index (χ4n) is 2.69. The maximum atomic E-state index is 12.3. The van der Waals surface area contributed by atoms with Gasteiger partial charge in [-0.3, -0.25) is 4.79 Å². The molecule has 20 heavy (non-hydrogen) atoms. The van der Waals surface area contributed by atoms with Gasteiger partial charge in [-0.05, 0) is 45.8 Å². The van der Waals surface area contributed by atoms with Crippen LogP contribution < -0.4 is 10.6 Å². The fourth-order valence-corrected chi connectivity index (χ4v) is 2.69. The van der Waals surface area contributed by atoms with Crippen LogP contribution in [0.3, 0.4) is 0 Å². The SMILES string of the molecule is CN(C)CC(C)(C)CNC(=O)C1(C)CCCNC1.Cl.Cl. The standard InChI is InChI=1S/C14H29N3O.2ClH/c1-13(2,11-17(4)5)9-16-12(18)14(3)7-6-8-15-10-14;;/h15H,6-11H2,1-5H3,(H,16,18);2*1H. The number of piperidine rings is 1. The van der Waals surface area contributed by atoms with Crippen LogP contribution in [0.15, 0.2) is 0 Å². The van der Waals surface area contributed by atoms with Gasteiger partial charge in [0.05, 0.1) is 5.41 Å². The summed E-state index contributed by atoms with van der Waals surface area (Å²) in [5.41, 5.74) is -0.121. The maximum absolute atomic E-state index is 12.3. The minimum atomic E-state index is -0.230. The predicted octanol–water partition coefficient (Wildman–Crippen LogP) is 1.92. The first kappa shape index (κ1) is 22.3. The van der Waals surface area contributed by atoms with Gasteiger partial charge in [0, 0.05) is 19.6 Å². The Hall–Kier alpha value is -0.0300. The Labute approximate surface area is 136 Å². The molecular formula is C14H31Cl2N3O. The normalized spacial score (nSPS) is 22.7. The molecule has 0 radical (unpaired) electrons. The molecule has 0 bridgehead atoms. The van der Waals surface area contributed by atoms with E-state index in [1.807, 2.05) is 0 Å². The zero-order valence-electron chi connectivity index (χ0n) is 13.4. The van der Waals surface area contributed by atoms with E-state index < -0.39 is 0 Å². The summed E-state index contributed by atoms with van der Waals surface area (Å²) in [5, 5.41) is 6.45. The van der Waals surface area contributed by atoms with Gasteiger partial charge >= 0.3 is 0 Å². The van der Waals surface area contributed by atoms with Gasteiger partial charge in [0.1, 0.15) is 0 Å². The van der Waals surface area contributed by atoms with E-state index in [-0.39, 0.29) is 41.6 Å². The number of rotatable bonds is 5. The van der Waals surface area contributed by atoms with Crippen molar-refractivity contribution >= 4 is 30.7 Å². The highest BCUT2D eigenvalue weighted by Crippen LogP contribution is 2.26. The lowest BCUT2D eigenvalue weighted by Gasteiger charge is -2.35. The van der Waals surface area contributed by atoms with Crippen LogP contribution in [0.25, 0.3) is 0 Å². The molecule has 1 saturated heterocycles. The van der Waals surface area contributed by atoms with E-state index >= 15 is 0 Å². The van der Waals surface area contributed by atoms with Crippen molar-refractivity contribution in [1.29, 1.82) is 0 Å². The van der Waals surface area contributed by atoms with Crippen molar-refractivity contribution in [2.24, 2.45) is 10.8 Å². The minimum Gasteiger partial charge on any atom is -0.355 e. The average molecular weight is 328 g/mol. The fraction of sp³-hybridized carbons (Fsp3) is 0.929. The summed E-state index contributed by atoms with van der Waals surface area (Å²) in [5.74, 6) is 0.196. The van der Waals surface area contributed by atoms with Gasteiger partial charge in [-0.15, -0.1) is 24.8 Å². The summed E-state index contributed by atoms with van der Waals surface area (Å²) in [7, 11) is 4.13. The molecule has 0 aromatic heterocycles. The van der Waals surface area contributed by atoms with Crippen LogP contribution in [0.1, 0.15) is 33.6 Å². The van der Waals surface area contributed by atoms with E-state index in [1.54, 1.807) is 0 Å². The second-order valence-corrected chi connectivity index (χ2v) is 6.93. The lowest BCUT2D eigenvalue weighted by Crippen LogP contribution is -2.51. The molecular weight excluding hydrogens is 297 g/mol. The molecule has 1 amide bonds. The number of nitrogens with one attached hydrogen (secondary N) is 2. The highest BCUT2D eigenvalue weighted by atomic mass is 35.5. The molecule has 0 aromatic rings. The summed E-state index contributed by atoms with van der Waals surface area (Å²) < 4.78 is 0. The first-order valence-electron chi connectivity index (χ1n) is 6.89. The van der Waals surface area contributed by atoms with Crippen LogP contribution in [-0.4, -0.2) is 51.1 Å². The maximum Gasteiger partial charge on any atom is 0.227 e. The molecule has 1 aliphatic heterocycles. The molecule has 122 valence electrons. The van der Waals surface area contributed by atoms with Crippen LogP contribution in [0.5, 0.6) is 0 Å². The molecule has 1 rings (SSSR count). The summed E-state index contributed by atoms with van der Waals surface area (Å²) in [6.07, 6.45) is 2.07. The number of halogens is 2. The van der Waals surface area contributed by atoms with Crippen molar-refractivity contribution in [2.45, 2.75) is 33.6 Å². The first-order valence-corrected chi connectivity index (χ1v) is 6.89. The zero-order valence-corrected chi connectivity index (χ0v) is 15.0. The zero-order chi connectivity index (χ0) is 13.8. The molecule has 1 aliphatic rings. The van der Waals surface area contributed by atoms with Gasteiger partial charge in [0.2, 0.25) is 5.91 Å². The number of hydrogen-bond donors (Lipinski definition) is 2. The van der Waals surface area contributed by atoms with Gasteiger partial charge in [0.25, 0.3) is 0 Å². The van der Waals surface area contributed by atoms with Crippen molar-refractivity contribution < 1.29 is 4.79 Å². The molecule has 1 unspecified atom stereocenters. The third-order valence-corrected chi connectivity index (χ3v) is 3.62. The van der Waals surface area contributed by atoms with Crippen molar-refractivity contribution in [3.63, 3.8) is 0 Å². The number of nitrogens with zero attached hydrogens (tertiary/aromatic N) is 1. The largest absolute Gasteiger partial charge is 0.355 e. The third kappa shape index (κ3) is 7.11. The highest BCUT2D eigenvalue weighted by Gasteiger charge is 2.35. The van der Waals surface area contributed by atoms with Crippen LogP contribution in [0, 0.1) is 10.8 Å². The third-order valence-electron chi connectivity index (χ3n) is 3.62. The lowest BCUT2D eigenvalue weighted by atomic mass is 9.81. The number of amides is 1. The minimum absolute atomic E-state index is 0. The Balaban J connectivity index is 0. The lowest BCUT2D eigenvalue weighted by molar-refractivity contribution is -0.131. The summed E-state index contributed by atoms with van der Waals surface area (Å²) in [6, 6.07) is 0. The van der Waals surface area contributed by atoms with E-state index in [1.165, 1.54) is 0 Å². The van der Waals surface area contributed by atoms with E-state index in [4.69, 9.17) is 0 Å².